The Hall–Kier alpha value is -2.84. The molecule has 1 N–H and O–H groups in total. The lowest BCUT2D eigenvalue weighted by Crippen LogP contribution is -2.14. The zero-order chi connectivity index (χ0) is 19.0. The van der Waals surface area contributed by atoms with Gasteiger partial charge in [-0.1, -0.05) is 18.2 Å². The van der Waals surface area contributed by atoms with Crippen LogP contribution in [-0.4, -0.2) is 24.9 Å². The molecular weight excluding hydrogens is 382 g/mol. The number of hydrogen-bond acceptors (Lipinski definition) is 5. The minimum atomic E-state index is -3.79. The van der Waals surface area contributed by atoms with E-state index in [4.69, 9.17) is 4.74 Å². The number of nitrogens with zero attached hydrogens (tertiary/aromatic N) is 2. The normalized spacial score (nSPS) is 11.6. The molecule has 0 aliphatic carbocycles. The Morgan fingerprint density at radius 3 is 2.81 bits per heavy atom. The number of ether oxygens (including phenoxy) is 1. The van der Waals surface area contributed by atoms with E-state index in [1.54, 1.807) is 41.7 Å². The van der Waals surface area contributed by atoms with E-state index in [0.717, 1.165) is 21.8 Å². The van der Waals surface area contributed by atoms with Crippen molar-refractivity contribution in [3.8, 4) is 17.0 Å². The minimum Gasteiger partial charge on any atom is -0.495 e. The fourth-order valence-electron chi connectivity index (χ4n) is 2.81. The summed E-state index contributed by atoms with van der Waals surface area (Å²) in [5, 5.41) is 1.96. The van der Waals surface area contributed by atoms with E-state index in [9.17, 15) is 8.42 Å². The first-order valence-electron chi connectivity index (χ1n) is 8.16. The standard InChI is InChI=1S/C19H17N3O3S2/c1-13-6-7-17(25-2)18(10-13)27(23,24)21-15-5-3-4-14(11-15)16-12-22-8-9-26-19(22)20-16/h3-12,21H,1-2H3. The number of aromatic nitrogens is 2. The highest BCUT2D eigenvalue weighted by Gasteiger charge is 2.20. The van der Waals surface area contributed by atoms with Gasteiger partial charge in [0.15, 0.2) is 4.96 Å². The van der Waals surface area contributed by atoms with Gasteiger partial charge in [0.25, 0.3) is 10.0 Å². The van der Waals surface area contributed by atoms with Gasteiger partial charge in [-0.3, -0.25) is 9.12 Å². The molecule has 2 aromatic carbocycles. The van der Waals surface area contributed by atoms with E-state index in [1.165, 1.54) is 7.11 Å². The van der Waals surface area contributed by atoms with E-state index in [1.807, 2.05) is 41.2 Å². The number of thiazole rings is 1. The Morgan fingerprint density at radius 2 is 2.04 bits per heavy atom. The van der Waals surface area contributed by atoms with Gasteiger partial charge in [-0.05, 0) is 36.8 Å². The first-order valence-corrected chi connectivity index (χ1v) is 10.5. The number of rotatable bonds is 5. The molecule has 27 heavy (non-hydrogen) atoms. The lowest BCUT2D eigenvalue weighted by molar-refractivity contribution is 0.402. The van der Waals surface area contributed by atoms with Gasteiger partial charge in [-0.15, -0.1) is 11.3 Å². The van der Waals surface area contributed by atoms with Crippen LogP contribution in [0.25, 0.3) is 16.2 Å². The third-order valence-corrected chi connectivity index (χ3v) is 6.29. The highest BCUT2D eigenvalue weighted by Crippen LogP contribution is 2.29. The van der Waals surface area contributed by atoms with Crippen LogP contribution in [0.3, 0.4) is 0 Å². The van der Waals surface area contributed by atoms with Gasteiger partial charge in [0.2, 0.25) is 0 Å². The molecule has 0 aliphatic rings. The van der Waals surface area contributed by atoms with Crippen LogP contribution in [0, 0.1) is 6.92 Å². The second-order valence-electron chi connectivity index (χ2n) is 6.06. The van der Waals surface area contributed by atoms with Crippen molar-refractivity contribution in [2.45, 2.75) is 11.8 Å². The van der Waals surface area contributed by atoms with Crippen molar-refractivity contribution in [2.24, 2.45) is 0 Å². The zero-order valence-corrected chi connectivity index (χ0v) is 16.3. The number of aryl methyl sites for hydroxylation is 1. The molecule has 0 bridgehead atoms. The first kappa shape index (κ1) is 17.6. The van der Waals surface area contributed by atoms with E-state index < -0.39 is 10.0 Å². The maximum atomic E-state index is 12.9. The number of hydrogen-bond donors (Lipinski definition) is 1. The van der Waals surface area contributed by atoms with Gasteiger partial charge in [0.05, 0.1) is 12.8 Å². The predicted molar refractivity (Wildman–Crippen MR) is 107 cm³/mol. The summed E-state index contributed by atoms with van der Waals surface area (Å²) in [6, 6.07) is 12.2. The Labute approximate surface area is 161 Å². The second kappa shape index (κ2) is 6.71. The molecule has 0 saturated heterocycles. The molecule has 4 rings (SSSR count). The molecule has 0 atom stereocenters. The van der Waals surface area contributed by atoms with Crippen molar-refractivity contribution in [3.05, 3.63) is 65.8 Å². The molecule has 0 aliphatic heterocycles. The van der Waals surface area contributed by atoms with Crippen LogP contribution >= 0.6 is 11.3 Å². The minimum absolute atomic E-state index is 0.109. The van der Waals surface area contributed by atoms with Crippen LogP contribution in [0.15, 0.2) is 65.1 Å². The number of methoxy groups -OCH3 is 1. The van der Waals surface area contributed by atoms with Gasteiger partial charge in [0.1, 0.15) is 10.6 Å². The Balaban J connectivity index is 1.68. The molecule has 0 saturated carbocycles. The van der Waals surface area contributed by atoms with E-state index in [-0.39, 0.29) is 4.90 Å². The summed E-state index contributed by atoms with van der Waals surface area (Å²) in [5.74, 6) is 0.304. The second-order valence-corrected chi connectivity index (χ2v) is 8.58. The topological polar surface area (TPSA) is 72.7 Å². The van der Waals surface area contributed by atoms with E-state index in [0.29, 0.717) is 11.4 Å². The summed E-state index contributed by atoms with van der Waals surface area (Å²) in [4.78, 5) is 5.56. The molecule has 4 aromatic rings. The van der Waals surface area contributed by atoms with Gasteiger partial charge >= 0.3 is 0 Å². The van der Waals surface area contributed by atoms with Crippen LogP contribution in [0.2, 0.25) is 0 Å². The number of sulfonamides is 1. The molecule has 0 spiro atoms. The summed E-state index contributed by atoms with van der Waals surface area (Å²) in [5.41, 5.74) is 2.92. The number of benzene rings is 2. The summed E-state index contributed by atoms with van der Waals surface area (Å²) in [6.07, 6.45) is 3.86. The van der Waals surface area contributed by atoms with Crippen molar-refractivity contribution >= 4 is 32.0 Å². The van der Waals surface area contributed by atoms with Crippen molar-refractivity contribution in [1.82, 2.24) is 9.38 Å². The summed E-state index contributed by atoms with van der Waals surface area (Å²) < 4.78 is 35.5. The molecule has 138 valence electrons. The number of imidazole rings is 1. The average Bonchev–Trinajstić information content (AvgIpc) is 3.23. The molecule has 0 amide bonds. The Kier molecular flexibility index (Phi) is 4.37. The number of anilines is 1. The first-order chi connectivity index (χ1) is 13.0. The summed E-state index contributed by atoms with van der Waals surface area (Å²) >= 11 is 1.55. The summed E-state index contributed by atoms with van der Waals surface area (Å²) in [7, 11) is -2.34. The SMILES string of the molecule is COc1ccc(C)cc1S(=O)(=O)Nc1cccc(-c2cn3ccsc3n2)c1. The molecule has 0 fully saturated rings. The lowest BCUT2D eigenvalue weighted by Gasteiger charge is -2.13. The third kappa shape index (κ3) is 3.41. The van der Waals surface area contributed by atoms with E-state index in [2.05, 4.69) is 9.71 Å². The molecule has 8 heteroatoms. The quantitative estimate of drug-likeness (QED) is 0.546. The maximum absolute atomic E-state index is 12.9. The zero-order valence-electron chi connectivity index (χ0n) is 14.7. The van der Waals surface area contributed by atoms with Crippen molar-refractivity contribution in [3.63, 3.8) is 0 Å². The fourth-order valence-corrected chi connectivity index (χ4v) is 4.82. The highest BCUT2D eigenvalue weighted by atomic mass is 32.2. The van der Waals surface area contributed by atoms with Crippen LogP contribution in [0.4, 0.5) is 5.69 Å². The third-order valence-electron chi connectivity index (χ3n) is 4.11. The summed E-state index contributed by atoms with van der Waals surface area (Å²) in [6.45, 7) is 1.84. The van der Waals surface area contributed by atoms with E-state index >= 15 is 0 Å². The Bertz CT molecular complexity index is 1200. The monoisotopic (exact) mass is 399 g/mol. The highest BCUT2D eigenvalue weighted by molar-refractivity contribution is 7.92. The van der Waals surface area contributed by atoms with Crippen molar-refractivity contribution < 1.29 is 13.2 Å². The molecular formula is C19H17N3O3S2. The van der Waals surface area contributed by atoms with Crippen LogP contribution in [0.5, 0.6) is 5.75 Å². The van der Waals surface area contributed by atoms with Crippen molar-refractivity contribution in [1.29, 1.82) is 0 Å². The molecule has 0 radical (unpaired) electrons. The largest absolute Gasteiger partial charge is 0.495 e. The number of fused-ring (bicyclic) bond motifs is 1. The predicted octanol–water partition coefficient (Wildman–Crippen LogP) is 4.18. The smallest absolute Gasteiger partial charge is 0.265 e. The maximum Gasteiger partial charge on any atom is 0.265 e. The fraction of sp³-hybridized carbons (Fsp3) is 0.105. The Morgan fingerprint density at radius 1 is 1.19 bits per heavy atom. The van der Waals surface area contributed by atoms with Gasteiger partial charge in [-0.2, -0.15) is 0 Å². The average molecular weight is 399 g/mol. The lowest BCUT2D eigenvalue weighted by atomic mass is 10.1. The van der Waals surface area contributed by atoms with Crippen LogP contribution in [0.1, 0.15) is 5.56 Å². The van der Waals surface area contributed by atoms with Crippen LogP contribution < -0.4 is 9.46 Å². The van der Waals surface area contributed by atoms with Gasteiger partial charge in [-0.25, -0.2) is 13.4 Å². The van der Waals surface area contributed by atoms with Gasteiger partial charge < -0.3 is 4.74 Å². The number of nitrogens with one attached hydrogen (secondary N) is 1. The van der Waals surface area contributed by atoms with Crippen LogP contribution in [-0.2, 0) is 10.0 Å². The van der Waals surface area contributed by atoms with Gasteiger partial charge in [0, 0.05) is 29.0 Å². The molecule has 0 unspecified atom stereocenters. The molecule has 2 heterocycles. The molecule has 6 nitrogen and oxygen atoms in total. The van der Waals surface area contributed by atoms with Crippen molar-refractivity contribution in [2.75, 3.05) is 11.8 Å². The molecule has 2 aromatic heterocycles.